The Morgan fingerprint density at radius 3 is 3.07 bits per heavy atom. The van der Waals surface area contributed by atoms with Crippen LogP contribution in [0.1, 0.15) is 19.8 Å². The number of carbonyl (C=O) groups excluding carboxylic acids is 1. The summed E-state index contributed by atoms with van der Waals surface area (Å²) in [6, 6.07) is 0. The molecule has 0 amide bonds. The molecule has 0 heterocycles. The van der Waals surface area contributed by atoms with Crippen molar-refractivity contribution >= 4 is 5.97 Å². The van der Waals surface area contributed by atoms with Crippen molar-refractivity contribution < 1.29 is 9.53 Å². The minimum Gasteiger partial charge on any atom is -0.464 e. The highest BCUT2D eigenvalue weighted by Gasteiger charge is 1.94. The van der Waals surface area contributed by atoms with Gasteiger partial charge in [-0.25, -0.2) is 0 Å². The molecule has 0 bridgehead atoms. The Morgan fingerprint density at radius 2 is 2.27 bits per heavy atom. The van der Waals surface area contributed by atoms with E-state index in [1.807, 2.05) is 12.2 Å². The highest BCUT2D eigenvalue weighted by molar-refractivity contribution is 5.65. The largest absolute Gasteiger partial charge is 0.464 e. The molecule has 0 saturated carbocycles. The normalized spacial score (nSPS) is 22.9. The van der Waals surface area contributed by atoms with Crippen LogP contribution in [0.5, 0.6) is 0 Å². The van der Waals surface area contributed by atoms with E-state index in [4.69, 9.17) is 4.74 Å². The molecular formula is C12H17NO2. The summed E-state index contributed by atoms with van der Waals surface area (Å²) >= 11 is 0. The number of hydrogen-bond acceptors (Lipinski definition) is 3. The van der Waals surface area contributed by atoms with Crippen LogP contribution >= 0.6 is 0 Å². The summed E-state index contributed by atoms with van der Waals surface area (Å²) in [6.07, 6.45) is 12.5. The standard InChI is InChI=1S/C12H17NO2/c1-11(14)15-10-9-13-12-7-5-3-2-4-6-8-12/h3,5-8,13H,2,4,9-10H2,1H3/b5-3-,8-6-,12-7+. The van der Waals surface area contributed by atoms with Gasteiger partial charge in [-0.1, -0.05) is 18.2 Å². The predicted octanol–water partition coefficient (Wildman–Crippen LogP) is 1.93. The molecule has 0 aromatic carbocycles. The van der Waals surface area contributed by atoms with Gasteiger partial charge in [0, 0.05) is 19.2 Å². The summed E-state index contributed by atoms with van der Waals surface area (Å²) in [6.45, 7) is 2.46. The molecule has 15 heavy (non-hydrogen) atoms. The first-order valence-electron chi connectivity index (χ1n) is 5.19. The third-order valence-corrected chi connectivity index (χ3v) is 1.95. The van der Waals surface area contributed by atoms with E-state index in [1.165, 1.54) is 6.92 Å². The number of rotatable bonds is 4. The lowest BCUT2D eigenvalue weighted by Crippen LogP contribution is -2.19. The van der Waals surface area contributed by atoms with Crippen LogP contribution in [-0.2, 0) is 9.53 Å². The molecule has 0 spiro atoms. The van der Waals surface area contributed by atoms with E-state index in [9.17, 15) is 4.79 Å². The molecule has 1 aliphatic rings. The van der Waals surface area contributed by atoms with Crippen LogP contribution in [0.4, 0.5) is 0 Å². The van der Waals surface area contributed by atoms with E-state index in [0.29, 0.717) is 13.2 Å². The lowest BCUT2D eigenvalue weighted by molar-refractivity contribution is -0.140. The third-order valence-electron chi connectivity index (χ3n) is 1.95. The van der Waals surface area contributed by atoms with Gasteiger partial charge >= 0.3 is 5.97 Å². The number of nitrogens with one attached hydrogen (secondary N) is 1. The zero-order valence-electron chi connectivity index (χ0n) is 9.03. The number of carbonyl (C=O) groups is 1. The molecule has 82 valence electrons. The fraction of sp³-hybridized carbons (Fsp3) is 0.417. The number of esters is 1. The minimum atomic E-state index is -0.237. The highest BCUT2D eigenvalue weighted by Crippen LogP contribution is 2.02. The van der Waals surface area contributed by atoms with Crippen molar-refractivity contribution in [2.45, 2.75) is 19.8 Å². The van der Waals surface area contributed by atoms with Crippen molar-refractivity contribution in [1.29, 1.82) is 0 Å². The molecule has 1 N–H and O–H groups in total. The van der Waals surface area contributed by atoms with E-state index in [2.05, 4.69) is 23.5 Å². The van der Waals surface area contributed by atoms with Gasteiger partial charge < -0.3 is 10.1 Å². The second kappa shape index (κ2) is 6.87. The van der Waals surface area contributed by atoms with Crippen molar-refractivity contribution in [3.05, 3.63) is 36.1 Å². The Morgan fingerprint density at radius 1 is 1.47 bits per heavy atom. The Kier molecular flexibility index (Phi) is 5.30. The molecule has 1 rings (SSSR count). The summed E-state index contributed by atoms with van der Waals surface area (Å²) in [5, 5.41) is 3.19. The topological polar surface area (TPSA) is 38.3 Å². The van der Waals surface area contributed by atoms with Gasteiger partial charge in [0.2, 0.25) is 0 Å². The summed E-state index contributed by atoms with van der Waals surface area (Å²) < 4.78 is 4.82. The fourth-order valence-electron chi connectivity index (χ4n) is 1.23. The van der Waals surface area contributed by atoms with Crippen molar-refractivity contribution in [2.24, 2.45) is 0 Å². The SMILES string of the molecule is CC(=O)OCCNC1=C/C=C\CC/C=C\1. The van der Waals surface area contributed by atoms with Crippen LogP contribution in [0.25, 0.3) is 0 Å². The molecular weight excluding hydrogens is 190 g/mol. The van der Waals surface area contributed by atoms with Crippen LogP contribution in [0.3, 0.4) is 0 Å². The smallest absolute Gasteiger partial charge is 0.302 e. The molecule has 0 saturated heterocycles. The monoisotopic (exact) mass is 207 g/mol. The molecule has 3 heteroatoms. The first kappa shape index (κ1) is 11.6. The second-order valence-electron chi connectivity index (χ2n) is 3.30. The van der Waals surface area contributed by atoms with E-state index in [0.717, 1.165) is 18.5 Å². The van der Waals surface area contributed by atoms with Gasteiger partial charge in [-0.05, 0) is 25.0 Å². The zero-order chi connectivity index (χ0) is 10.9. The predicted molar refractivity (Wildman–Crippen MR) is 60.2 cm³/mol. The maximum Gasteiger partial charge on any atom is 0.302 e. The summed E-state index contributed by atoms with van der Waals surface area (Å²) in [7, 11) is 0. The summed E-state index contributed by atoms with van der Waals surface area (Å²) in [4.78, 5) is 10.5. The third kappa shape index (κ3) is 5.73. The van der Waals surface area contributed by atoms with Gasteiger partial charge in [-0.3, -0.25) is 4.79 Å². The average Bonchev–Trinajstić information content (AvgIpc) is 2.14. The van der Waals surface area contributed by atoms with Gasteiger partial charge in [-0.15, -0.1) is 0 Å². The van der Waals surface area contributed by atoms with Crippen LogP contribution < -0.4 is 5.32 Å². The van der Waals surface area contributed by atoms with E-state index in [-0.39, 0.29) is 5.97 Å². The van der Waals surface area contributed by atoms with E-state index >= 15 is 0 Å². The van der Waals surface area contributed by atoms with E-state index < -0.39 is 0 Å². The Bertz CT molecular complexity index is 290. The van der Waals surface area contributed by atoms with Crippen molar-refractivity contribution in [2.75, 3.05) is 13.2 Å². The van der Waals surface area contributed by atoms with Gasteiger partial charge in [0.15, 0.2) is 0 Å². The van der Waals surface area contributed by atoms with Crippen LogP contribution in [0.2, 0.25) is 0 Å². The Balaban J connectivity index is 2.27. The fourth-order valence-corrected chi connectivity index (χ4v) is 1.23. The lowest BCUT2D eigenvalue weighted by atomic mass is 10.2. The first-order chi connectivity index (χ1) is 7.29. The van der Waals surface area contributed by atoms with Crippen LogP contribution in [0, 0.1) is 0 Å². The maximum absolute atomic E-state index is 10.5. The Labute approximate surface area is 90.5 Å². The molecule has 0 aliphatic heterocycles. The Hall–Kier alpha value is -1.51. The number of allylic oxidation sites excluding steroid dienone is 5. The van der Waals surface area contributed by atoms with Crippen LogP contribution in [-0.4, -0.2) is 19.1 Å². The highest BCUT2D eigenvalue weighted by atomic mass is 16.5. The van der Waals surface area contributed by atoms with E-state index in [1.54, 1.807) is 0 Å². The van der Waals surface area contributed by atoms with Crippen molar-refractivity contribution in [3.8, 4) is 0 Å². The molecule has 0 fully saturated rings. The summed E-state index contributed by atoms with van der Waals surface area (Å²) in [5.74, 6) is -0.237. The molecule has 0 unspecified atom stereocenters. The molecule has 0 radical (unpaired) electrons. The lowest BCUT2D eigenvalue weighted by Gasteiger charge is -2.07. The molecule has 0 aromatic heterocycles. The molecule has 0 atom stereocenters. The van der Waals surface area contributed by atoms with Crippen molar-refractivity contribution in [3.63, 3.8) is 0 Å². The second-order valence-corrected chi connectivity index (χ2v) is 3.30. The number of ether oxygens (including phenoxy) is 1. The van der Waals surface area contributed by atoms with Gasteiger partial charge in [0.05, 0.1) is 0 Å². The molecule has 3 nitrogen and oxygen atoms in total. The molecule has 1 aliphatic carbocycles. The number of hydrogen-bond donors (Lipinski definition) is 1. The molecule has 0 aromatic rings. The first-order valence-corrected chi connectivity index (χ1v) is 5.19. The van der Waals surface area contributed by atoms with Gasteiger partial charge in [0.25, 0.3) is 0 Å². The minimum absolute atomic E-state index is 0.237. The van der Waals surface area contributed by atoms with Crippen LogP contribution in [0.15, 0.2) is 36.1 Å². The summed E-state index contributed by atoms with van der Waals surface area (Å²) in [5.41, 5.74) is 1.05. The maximum atomic E-state index is 10.5. The quantitative estimate of drug-likeness (QED) is 0.565. The van der Waals surface area contributed by atoms with Gasteiger partial charge in [0.1, 0.15) is 6.61 Å². The average molecular weight is 207 g/mol. The van der Waals surface area contributed by atoms with Gasteiger partial charge in [-0.2, -0.15) is 0 Å². The zero-order valence-corrected chi connectivity index (χ0v) is 9.03. The van der Waals surface area contributed by atoms with Crippen molar-refractivity contribution in [1.82, 2.24) is 5.32 Å².